The van der Waals surface area contributed by atoms with Crippen molar-refractivity contribution in [1.82, 2.24) is 4.90 Å². The average molecular weight is 274 g/mol. The molecule has 5 nitrogen and oxygen atoms in total. The van der Waals surface area contributed by atoms with Gasteiger partial charge in [-0.25, -0.2) is 4.79 Å². The summed E-state index contributed by atoms with van der Waals surface area (Å²) in [5, 5.41) is 8.52. The van der Waals surface area contributed by atoms with Gasteiger partial charge in [-0.1, -0.05) is 18.2 Å². The second kappa shape index (κ2) is 6.23. The van der Waals surface area contributed by atoms with Crippen LogP contribution in [0, 0.1) is 6.92 Å². The molecule has 1 amide bonds. The Morgan fingerprint density at radius 3 is 2.35 bits per heavy atom. The third kappa shape index (κ3) is 3.38. The lowest BCUT2D eigenvalue weighted by Crippen LogP contribution is -2.48. The van der Waals surface area contributed by atoms with Crippen LogP contribution in [0.3, 0.4) is 0 Å². The van der Waals surface area contributed by atoms with Crippen LogP contribution < -0.4 is 4.90 Å². The molecule has 0 spiro atoms. The Morgan fingerprint density at radius 1 is 1.10 bits per heavy atom. The van der Waals surface area contributed by atoms with Crippen molar-refractivity contribution in [1.29, 1.82) is 0 Å². The van der Waals surface area contributed by atoms with E-state index >= 15 is 0 Å². The quantitative estimate of drug-likeness (QED) is 0.844. The van der Waals surface area contributed by atoms with Crippen LogP contribution in [0.2, 0.25) is 0 Å². The number of rotatable bonds is 3. The molecular formula is C15H18N2O3. The number of carboxylic acids is 1. The number of anilines is 1. The number of carboxylic acid groups (broad SMARTS) is 1. The van der Waals surface area contributed by atoms with Crippen molar-refractivity contribution in [2.75, 3.05) is 31.1 Å². The first-order valence-corrected chi connectivity index (χ1v) is 6.58. The molecule has 2 rings (SSSR count). The standard InChI is InChI=1S/C15H18N2O3/c1-12-4-2-3-5-13(12)16-8-10-17(11-9-16)14(18)6-7-15(19)20/h2-7H,8-11H2,1H3,(H,19,20)/b7-6+. The molecule has 5 heteroatoms. The molecule has 1 heterocycles. The lowest BCUT2D eigenvalue weighted by molar-refractivity contribution is -0.132. The van der Waals surface area contributed by atoms with Gasteiger partial charge in [-0.2, -0.15) is 0 Å². The van der Waals surface area contributed by atoms with Crippen molar-refractivity contribution >= 4 is 17.6 Å². The van der Waals surface area contributed by atoms with E-state index < -0.39 is 5.97 Å². The molecule has 1 aromatic rings. The van der Waals surface area contributed by atoms with Crippen LogP contribution in [-0.4, -0.2) is 48.1 Å². The van der Waals surface area contributed by atoms with Gasteiger partial charge >= 0.3 is 5.97 Å². The first-order valence-electron chi connectivity index (χ1n) is 6.58. The van der Waals surface area contributed by atoms with Crippen molar-refractivity contribution in [2.45, 2.75) is 6.92 Å². The number of aryl methyl sites for hydroxylation is 1. The minimum Gasteiger partial charge on any atom is -0.478 e. The van der Waals surface area contributed by atoms with Gasteiger partial charge in [0.1, 0.15) is 0 Å². The van der Waals surface area contributed by atoms with E-state index in [1.807, 2.05) is 12.1 Å². The molecule has 0 saturated carbocycles. The third-order valence-corrected chi connectivity index (χ3v) is 3.42. The number of benzene rings is 1. The van der Waals surface area contributed by atoms with Crippen LogP contribution in [0.1, 0.15) is 5.56 Å². The van der Waals surface area contributed by atoms with Crippen LogP contribution >= 0.6 is 0 Å². The molecule has 1 N–H and O–H groups in total. The monoisotopic (exact) mass is 274 g/mol. The lowest BCUT2D eigenvalue weighted by atomic mass is 10.1. The summed E-state index contributed by atoms with van der Waals surface area (Å²) in [5.74, 6) is -1.34. The van der Waals surface area contributed by atoms with Crippen LogP contribution in [0.25, 0.3) is 0 Å². The molecule has 0 radical (unpaired) electrons. The van der Waals surface area contributed by atoms with Crippen molar-refractivity contribution in [3.63, 3.8) is 0 Å². The highest BCUT2D eigenvalue weighted by atomic mass is 16.4. The second-order valence-corrected chi connectivity index (χ2v) is 4.77. The van der Waals surface area contributed by atoms with Gasteiger partial charge in [0.2, 0.25) is 5.91 Å². The van der Waals surface area contributed by atoms with E-state index in [9.17, 15) is 9.59 Å². The third-order valence-electron chi connectivity index (χ3n) is 3.42. The van der Waals surface area contributed by atoms with Gasteiger partial charge in [-0.15, -0.1) is 0 Å². The number of carbonyl (C=O) groups excluding carboxylic acids is 1. The molecule has 0 atom stereocenters. The fraction of sp³-hybridized carbons (Fsp3) is 0.333. The fourth-order valence-electron chi connectivity index (χ4n) is 2.33. The molecular weight excluding hydrogens is 256 g/mol. The van der Waals surface area contributed by atoms with Crippen molar-refractivity contribution in [3.8, 4) is 0 Å². The first-order chi connectivity index (χ1) is 9.58. The SMILES string of the molecule is Cc1ccccc1N1CCN(C(=O)/C=C/C(=O)O)CC1. The normalized spacial score (nSPS) is 15.7. The molecule has 0 aromatic heterocycles. The Hall–Kier alpha value is -2.30. The van der Waals surface area contributed by atoms with Crippen molar-refractivity contribution < 1.29 is 14.7 Å². The van der Waals surface area contributed by atoms with Crippen LogP contribution in [0.5, 0.6) is 0 Å². The van der Waals surface area contributed by atoms with Gasteiger partial charge < -0.3 is 14.9 Å². The van der Waals surface area contributed by atoms with Gasteiger partial charge in [-0.05, 0) is 18.6 Å². The molecule has 1 aliphatic rings. The number of carbonyl (C=O) groups is 2. The van der Waals surface area contributed by atoms with E-state index in [1.54, 1.807) is 4.90 Å². The van der Waals surface area contributed by atoms with E-state index in [4.69, 9.17) is 5.11 Å². The molecule has 106 valence electrons. The molecule has 1 aromatic carbocycles. The predicted molar refractivity (Wildman–Crippen MR) is 76.7 cm³/mol. The summed E-state index contributed by atoms with van der Waals surface area (Å²) in [6.07, 6.45) is 2.00. The minimum atomic E-state index is -1.10. The summed E-state index contributed by atoms with van der Waals surface area (Å²) in [5.41, 5.74) is 2.42. The van der Waals surface area contributed by atoms with Gasteiger partial charge in [0.15, 0.2) is 0 Å². The molecule has 1 saturated heterocycles. The van der Waals surface area contributed by atoms with Gasteiger partial charge in [0.05, 0.1) is 0 Å². The molecule has 20 heavy (non-hydrogen) atoms. The Labute approximate surface area is 118 Å². The molecule has 1 fully saturated rings. The zero-order valence-corrected chi connectivity index (χ0v) is 11.5. The Kier molecular flexibility index (Phi) is 4.40. The Balaban J connectivity index is 1.94. The highest BCUT2D eigenvalue weighted by Gasteiger charge is 2.20. The number of para-hydroxylation sites is 1. The number of hydrogen-bond donors (Lipinski definition) is 1. The molecule has 0 bridgehead atoms. The van der Waals surface area contributed by atoms with Crippen LogP contribution in [0.4, 0.5) is 5.69 Å². The zero-order valence-electron chi connectivity index (χ0n) is 11.5. The van der Waals surface area contributed by atoms with E-state index in [2.05, 4.69) is 24.0 Å². The van der Waals surface area contributed by atoms with Crippen molar-refractivity contribution in [2.24, 2.45) is 0 Å². The fourth-order valence-corrected chi connectivity index (χ4v) is 2.33. The summed E-state index contributed by atoms with van der Waals surface area (Å²) in [6.45, 7) is 4.81. The number of piperazine rings is 1. The zero-order chi connectivity index (χ0) is 14.5. The van der Waals surface area contributed by atoms with Gasteiger partial charge in [-0.3, -0.25) is 4.79 Å². The van der Waals surface area contributed by atoms with Crippen LogP contribution in [-0.2, 0) is 9.59 Å². The average Bonchev–Trinajstić information content (AvgIpc) is 2.45. The Bertz CT molecular complexity index is 532. The molecule has 0 unspecified atom stereocenters. The lowest BCUT2D eigenvalue weighted by Gasteiger charge is -2.36. The summed E-state index contributed by atoms with van der Waals surface area (Å²) >= 11 is 0. The van der Waals surface area contributed by atoms with E-state index in [-0.39, 0.29) is 5.91 Å². The van der Waals surface area contributed by atoms with E-state index in [0.717, 1.165) is 25.2 Å². The number of nitrogens with zero attached hydrogens (tertiary/aromatic N) is 2. The maximum atomic E-state index is 11.8. The summed E-state index contributed by atoms with van der Waals surface area (Å²) < 4.78 is 0. The highest BCUT2D eigenvalue weighted by Crippen LogP contribution is 2.20. The van der Waals surface area contributed by atoms with E-state index in [1.165, 1.54) is 11.3 Å². The largest absolute Gasteiger partial charge is 0.478 e. The number of aliphatic carboxylic acids is 1. The summed E-state index contributed by atoms with van der Waals surface area (Å²) in [7, 11) is 0. The smallest absolute Gasteiger partial charge is 0.328 e. The number of hydrogen-bond acceptors (Lipinski definition) is 3. The predicted octanol–water partition coefficient (Wildman–Crippen LogP) is 1.28. The second-order valence-electron chi connectivity index (χ2n) is 4.77. The first kappa shape index (κ1) is 14.1. The maximum Gasteiger partial charge on any atom is 0.328 e. The Morgan fingerprint density at radius 2 is 1.75 bits per heavy atom. The summed E-state index contributed by atoms with van der Waals surface area (Å²) in [6, 6.07) is 8.17. The summed E-state index contributed by atoms with van der Waals surface area (Å²) in [4.78, 5) is 26.1. The molecule has 0 aliphatic carbocycles. The minimum absolute atomic E-state index is 0.239. The maximum absolute atomic E-state index is 11.8. The van der Waals surface area contributed by atoms with Gasteiger partial charge in [0, 0.05) is 44.0 Å². The van der Waals surface area contributed by atoms with E-state index in [0.29, 0.717) is 13.1 Å². The van der Waals surface area contributed by atoms with Crippen LogP contribution in [0.15, 0.2) is 36.4 Å². The topological polar surface area (TPSA) is 60.9 Å². The highest BCUT2D eigenvalue weighted by molar-refractivity contribution is 5.94. The van der Waals surface area contributed by atoms with Crippen molar-refractivity contribution in [3.05, 3.63) is 42.0 Å². The molecule has 1 aliphatic heterocycles. The van der Waals surface area contributed by atoms with Gasteiger partial charge in [0.25, 0.3) is 0 Å². The number of amides is 1.